The SMILES string of the molecule is CCCCCCC1CCC(CCCCC(=O)[O-])C1.[Na+]. The van der Waals surface area contributed by atoms with Crippen LogP contribution >= 0.6 is 0 Å². The average Bonchev–Trinajstić information content (AvgIpc) is 2.78. The van der Waals surface area contributed by atoms with Gasteiger partial charge in [0.05, 0.1) is 0 Å². The molecule has 106 valence electrons. The molecule has 0 aromatic carbocycles. The number of unbranched alkanes of at least 4 members (excludes halogenated alkanes) is 4. The predicted octanol–water partition coefficient (Wildman–Crippen LogP) is 0.687. The van der Waals surface area contributed by atoms with Crippen LogP contribution in [0.2, 0.25) is 0 Å². The summed E-state index contributed by atoms with van der Waals surface area (Å²) in [6.07, 6.45) is 14.5. The molecule has 0 aromatic heterocycles. The van der Waals surface area contributed by atoms with Crippen LogP contribution in [0.4, 0.5) is 0 Å². The number of rotatable bonds is 10. The molecule has 0 aliphatic heterocycles. The van der Waals surface area contributed by atoms with Crippen LogP contribution in [0.5, 0.6) is 0 Å². The summed E-state index contributed by atoms with van der Waals surface area (Å²) in [7, 11) is 0. The Bertz CT molecular complexity index is 231. The summed E-state index contributed by atoms with van der Waals surface area (Å²) in [6.45, 7) is 2.26. The topological polar surface area (TPSA) is 40.1 Å². The molecule has 1 rings (SSSR count). The number of carboxylic acid groups (broad SMARTS) is 1. The molecule has 1 fully saturated rings. The first-order chi connectivity index (χ1) is 8.72. The Morgan fingerprint density at radius 3 is 2.11 bits per heavy atom. The molecule has 0 saturated heterocycles. The van der Waals surface area contributed by atoms with Crippen molar-refractivity contribution in [3.63, 3.8) is 0 Å². The zero-order chi connectivity index (χ0) is 13.2. The molecule has 0 spiro atoms. The van der Waals surface area contributed by atoms with Gasteiger partial charge in [-0.2, -0.15) is 0 Å². The molecule has 0 N–H and O–H groups in total. The fourth-order valence-corrected chi connectivity index (χ4v) is 3.27. The minimum absolute atomic E-state index is 0. The second-order valence-corrected chi connectivity index (χ2v) is 6.01. The van der Waals surface area contributed by atoms with E-state index in [2.05, 4.69) is 6.92 Å². The van der Waals surface area contributed by atoms with E-state index in [-0.39, 0.29) is 36.0 Å². The molecule has 2 unspecified atom stereocenters. The van der Waals surface area contributed by atoms with Crippen molar-refractivity contribution in [2.45, 2.75) is 84.0 Å². The van der Waals surface area contributed by atoms with Crippen molar-refractivity contribution in [3.8, 4) is 0 Å². The fraction of sp³-hybridized carbons (Fsp3) is 0.938. The van der Waals surface area contributed by atoms with Crippen molar-refractivity contribution in [2.75, 3.05) is 0 Å². The van der Waals surface area contributed by atoms with E-state index in [9.17, 15) is 9.90 Å². The number of aliphatic carboxylic acids is 1. The summed E-state index contributed by atoms with van der Waals surface area (Å²) >= 11 is 0. The zero-order valence-electron chi connectivity index (χ0n) is 13.0. The second kappa shape index (κ2) is 12.2. The molecule has 19 heavy (non-hydrogen) atoms. The Hall–Kier alpha value is 0.470. The molecule has 2 atom stereocenters. The van der Waals surface area contributed by atoms with Gasteiger partial charge >= 0.3 is 29.6 Å². The van der Waals surface area contributed by atoms with Gasteiger partial charge in [-0.3, -0.25) is 0 Å². The Morgan fingerprint density at radius 1 is 1.00 bits per heavy atom. The number of carbonyl (C=O) groups is 1. The van der Waals surface area contributed by atoms with Crippen molar-refractivity contribution in [1.82, 2.24) is 0 Å². The van der Waals surface area contributed by atoms with Crippen molar-refractivity contribution >= 4 is 5.97 Å². The van der Waals surface area contributed by atoms with Crippen molar-refractivity contribution in [2.24, 2.45) is 11.8 Å². The number of hydrogen-bond acceptors (Lipinski definition) is 2. The van der Waals surface area contributed by atoms with Crippen LogP contribution in [0, 0.1) is 11.8 Å². The van der Waals surface area contributed by atoms with Gasteiger partial charge in [-0.25, -0.2) is 0 Å². The number of carboxylic acids is 1. The van der Waals surface area contributed by atoms with Gasteiger partial charge in [0.2, 0.25) is 0 Å². The summed E-state index contributed by atoms with van der Waals surface area (Å²) < 4.78 is 0. The Balaban J connectivity index is 0.00000324. The van der Waals surface area contributed by atoms with E-state index in [0.717, 1.165) is 24.7 Å². The Morgan fingerprint density at radius 2 is 1.58 bits per heavy atom. The Kier molecular flexibility index (Phi) is 12.5. The van der Waals surface area contributed by atoms with Crippen molar-refractivity contribution in [1.29, 1.82) is 0 Å². The van der Waals surface area contributed by atoms with Crippen LogP contribution in [-0.2, 0) is 4.79 Å². The van der Waals surface area contributed by atoms with Crippen LogP contribution in [-0.4, -0.2) is 5.97 Å². The summed E-state index contributed by atoms with van der Waals surface area (Å²) in [4.78, 5) is 10.3. The molecule has 2 nitrogen and oxygen atoms in total. The third-order valence-corrected chi connectivity index (χ3v) is 4.36. The number of hydrogen-bond donors (Lipinski definition) is 0. The fourth-order valence-electron chi connectivity index (χ4n) is 3.27. The van der Waals surface area contributed by atoms with Gasteiger partial charge in [0.1, 0.15) is 0 Å². The summed E-state index contributed by atoms with van der Waals surface area (Å²) in [5, 5.41) is 10.3. The van der Waals surface area contributed by atoms with Gasteiger partial charge in [-0.05, 0) is 31.1 Å². The molecule has 1 aliphatic rings. The van der Waals surface area contributed by atoms with Gasteiger partial charge in [0, 0.05) is 5.97 Å². The molecular formula is C16H29NaO2. The molecular weight excluding hydrogens is 247 g/mol. The van der Waals surface area contributed by atoms with E-state index in [1.54, 1.807) is 0 Å². The van der Waals surface area contributed by atoms with Gasteiger partial charge in [0.15, 0.2) is 0 Å². The van der Waals surface area contributed by atoms with Crippen LogP contribution in [0.15, 0.2) is 0 Å². The van der Waals surface area contributed by atoms with Crippen LogP contribution in [0.1, 0.15) is 84.0 Å². The van der Waals surface area contributed by atoms with Crippen LogP contribution < -0.4 is 34.7 Å². The average molecular weight is 276 g/mol. The van der Waals surface area contributed by atoms with E-state index in [1.165, 1.54) is 57.8 Å². The first-order valence-electron chi connectivity index (χ1n) is 7.92. The molecule has 0 aromatic rings. The van der Waals surface area contributed by atoms with Gasteiger partial charge in [-0.1, -0.05) is 64.7 Å². The first kappa shape index (κ1) is 19.5. The minimum Gasteiger partial charge on any atom is -0.550 e. The molecule has 1 aliphatic carbocycles. The smallest absolute Gasteiger partial charge is 0.550 e. The summed E-state index contributed by atoms with van der Waals surface area (Å²) in [5.74, 6) is 0.950. The minimum atomic E-state index is -0.893. The van der Waals surface area contributed by atoms with Gasteiger partial charge in [-0.15, -0.1) is 0 Å². The van der Waals surface area contributed by atoms with Crippen LogP contribution in [0.3, 0.4) is 0 Å². The molecule has 1 saturated carbocycles. The normalized spacial score (nSPS) is 22.2. The molecule has 0 bridgehead atoms. The maximum atomic E-state index is 10.3. The summed E-state index contributed by atoms with van der Waals surface area (Å²) in [6, 6.07) is 0. The van der Waals surface area contributed by atoms with Crippen molar-refractivity contribution < 1.29 is 39.5 Å². The van der Waals surface area contributed by atoms with E-state index in [0.29, 0.717) is 0 Å². The van der Waals surface area contributed by atoms with Crippen molar-refractivity contribution in [3.05, 3.63) is 0 Å². The second-order valence-electron chi connectivity index (χ2n) is 6.01. The van der Waals surface area contributed by atoms with Gasteiger partial charge < -0.3 is 9.90 Å². The monoisotopic (exact) mass is 276 g/mol. The maximum Gasteiger partial charge on any atom is 1.00 e. The standard InChI is InChI=1S/C16H30O2.Na/c1-2-3-4-5-8-14-11-12-15(13-14)9-6-7-10-16(17)18;/h14-15H,2-13H2,1H3,(H,17,18);/q;+1/p-1. The number of carbonyl (C=O) groups excluding carboxylic acids is 1. The third kappa shape index (κ3) is 9.92. The zero-order valence-corrected chi connectivity index (χ0v) is 15.0. The van der Waals surface area contributed by atoms with E-state index < -0.39 is 5.97 Å². The van der Waals surface area contributed by atoms with E-state index >= 15 is 0 Å². The first-order valence-corrected chi connectivity index (χ1v) is 7.92. The molecule has 3 heteroatoms. The van der Waals surface area contributed by atoms with E-state index in [4.69, 9.17) is 0 Å². The third-order valence-electron chi connectivity index (χ3n) is 4.36. The van der Waals surface area contributed by atoms with E-state index in [1.807, 2.05) is 0 Å². The largest absolute Gasteiger partial charge is 1.00 e. The molecule has 0 heterocycles. The van der Waals surface area contributed by atoms with Crippen LogP contribution in [0.25, 0.3) is 0 Å². The summed E-state index contributed by atoms with van der Waals surface area (Å²) in [5.41, 5.74) is 0. The quantitative estimate of drug-likeness (QED) is 0.435. The molecule has 0 radical (unpaired) electrons. The maximum absolute atomic E-state index is 10.3. The molecule has 0 amide bonds. The predicted molar refractivity (Wildman–Crippen MR) is 73.1 cm³/mol. The van der Waals surface area contributed by atoms with Gasteiger partial charge in [0.25, 0.3) is 0 Å². The Labute approximate surface area is 141 Å².